The maximum atomic E-state index is 14.0. The number of hydrogen-bond acceptors (Lipinski definition) is 8. The van der Waals surface area contributed by atoms with E-state index in [9.17, 15) is 18.8 Å². The van der Waals surface area contributed by atoms with Crippen LogP contribution in [0.2, 0.25) is 5.02 Å². The molecule has 0 aliphatic carbocycles. The summed E-state index contributed by atoms with van der Waals surface area (Å²) in [5, 5.41) is 12.7. The van der Waals surface area contributed by atoms with Crippen molar-refractivity contribution in [2.24, 2.45) is 0 Å². The first-order valence-electron chi connectivity index (χ1n) is 9.47. The minimum atomic E-state index is -0.877. The van der Waals surface area contributed by atoms with E-state index >= 15 is 0 Å². The standard InChI is InChI=1S/C21H15ClF2N8O/c1-9(28-18-14(8-25)17(26)30-21(27)31-18)19-29-16-13(3-2-4-15(16)22)20(33)32(19)12-6-10(23)5-11(24)7-12/h2-7,9H,1H3,(H5,26,27,28,30,31). The molecule has 0 saturated heterocycles. The summed E-state index contributed by atoms with van der Waals surface area (Å²) in [7, 11) is 0. The first-order valence-corrected chi connectivity index (χ1v) is 9.84. The van der Waals surface area contributed by atoms with E-state index in [1.165, 1.54) is 6.07 Å². The Morgan fingerprint density at radius 3 is 2.52 bits per heavy atom. The molecule has 4 aromatic rings. The van der Waals surface area contributed by atoms with Gasteiger partial charge in [-0.1, -0.05) is 17.7 Å². The summed E-state index contributed by atoms with van der Waals surface area (Å²) in [6.07, 6.45) is 0. The van der Waals surface area contributed by atoms with Crippen LogP contribution in [0.5, 0.6) is 0 Å². The first kappa shape index (κ1) is 21.9. The molecular weight excluding hydrogens is 454 g/mol. The van der Waals surface area contributed by atoms with Crippen molar-refractivity contribution >= 4 is 40.1 Å². The van der Waals surface area contributed by atoms with E-state index in [1.54, 1.807) is 19.1 Å². The number of nitrogens with two attached hydrogens (primary N) is 2. The van der Waals surface area contributed by atoms with Crippen molar-refractivity contribution in [3.05, 3.63) is 74.8 Å². The molecule has 0 spiro atoms. The number of rotatable bonds is 4. The van der Waals surface area contributed by atoms with Crippen molar-refractivity contribution in [2.45, 2.75) is 13.0 Å². The van der Waals surface area contributed by atoms with E-state index in [2.05, 4.69) is 20.3 Å². The molecule has 1 atom stereocenters. The molecule has 1 unspecified atom stereocenters. The van der Waals surface area contributed by atoms with Crippen LogP contribution in [0.4, 0.5) is 26.4 Å². The topological polar surface area (TPSA) is 149 Å². The van der Waals surface area contributed by atoms with Crippen LogP contribution in [0, 0.1) is 23.0 Å². The molecule has 5 N–H and O–H groups in total. The summed E-state index contributed by atoms with van der Waals surface area (Å²) >= 11 is 6.26. The number of fused-ring (bicyclic) bond motifs is 1. The largest absolute Gasteiger partial charge is 0.382 e. The normalized spacial score (nSPS) is 11.8. The van der Waals surface area contributed by atoms with Crippen molar-refractivity contribution in [1.82, 2.24) is 19.5 Å². The van der Waals surface area contributed by atoms with E-state index in [-0.39, 0.29) is 50.6 Å². The van der Waals surface area contributed by atoms with Crippen molar-refractivity contribution in [3.63, 3.8) is 0 Å². The van der Waals surface area contributed by atoms with Crippen molar-refractivity contribution in [2.75, 3.05) is 16.8 Å². The third-order valence-corrected chi connectivity index (χ3v) is 5.09. The highest BCUT2D eigenvalue weighted by Gasteiger charge is 2.22. The zero-order valence-electron chi connectivity index (χ0n) is 17.0. The van der Waals surface area contributed by atoms with E-state index in [0.717, 1.165) is 16.7 Å². The SMILES string of the molecule is CC(Nc1nc(N)nc(N)c1C#N)c1nc2c(Cl)cccc2c(=O)n1-c1cc(F)cc(F)c1. The fraction of sp³-hybridized carbons (Fsp3) is 0.0952. The molecule has 2 heterocycles. The van der Waals surface area contributed by atoms with Crippen molar-refractivity contribution in [3.8, 4) is 11.8 Å². The van der Waals surface area contributed by atoms with Gasteiger partial charge in [0, 0.05) is 6.07 Å². The van der Waals surface area contributed by atoms with Gasteiger partial charge in [0.05, 0.1) is 27.7 Å². The van der Waals surface area contributed by atoms with E-state index < -0.39 is 23.2 Å². The molecule has 0 fully saturated rings. The molecule has 2 aromatic carbocycles. The Bertz CT molecular complexity index is 1500. The maximum absolute atomic E-state index is 14.0. The fourth-order valence-electron chi connectivity index (χ4n) is 3.38. The number of nitrogens with one attached hydrogen (secondary N) is 1. The Labute approximate surface area is 190 Å². The second kappa shape index (κ2) is 8.33. The molecule has 9 nitrogen and oxygen atoms in total. The number of benzene rings is 2. The average Bonchev–Trinajstić information content (AvgIpc) is 2.73. The lowest BCUT2D eigenvalue weighted by Gasteiger charge is -2.21. The van der Waals surface area contributed by atoms with Crippen molar-refractivity contribution in [1.29, 1.82) is 5.26 Å². The Morgan fingerprint density at radius 1 is 1.15 bits per heavy atom. The lowest BCUT2D eigenvalue weighted by molar-refractivity contribution is 0.579. The molecule has 33 heavy (non-hydrogen) atoms. The lowest BCUT2D eigenvalue weighted by atomic mass is 10.2. The molecular formula is C21H15ClF2N8O. The number of para-hydroxylation sites is 1. The number of anilines is 3. The van der Waals surface area contributed by atoms with E-state index in [4.69, 9.17) is 23.1 Å². The molecule has 0 saturated carbocycles. The monoisotopic (exact) mass is 468 g/mol. The Balaban J connectivity index is 1.98. The third-order valence-electron chi connectivity index (χ3n) is 4.79. The van der Waals surface area contributed by atoms with Gasteiger partial charge < -0.3 is 16.8 Å². The van der Waals surface area contributed by atoms with Gasteiger partial charge in [-0.25, -0.2) is 13.8 Å². The number of nitriles is 1. The fourth-order valence-corrected chi connectivity index (χ4v) is 3.60. The molecule has 0 aliphatic heterocycles. The Kier molecular flexibility index (Phi) is 5.53. The van der Waals surface area contributed by atoms with Gasteiger partial charge >= 0.3 is 0 Å². The maximum Gasteiger partial charge on any atom is 0.266 e. The minimum absolute atomic E-state index is 0.000442. The van der Waals surface area contributed by atoms with E-state index in [0.29, 0.717) is 6.07 Å². The highest BCUT2D eigenvalue weighted by Crippen LogP contribution is 2.27. The Hall–Kier alpha value is -4.30. The summed E-state index contributed by atoms with van der Waals surface area (Å²) in [6, 6.07) is 8.37. The minimum Gasteiger partial charge on any atom is -0.382 e. The van der Waals surface area contributed by atoms with Crippen LogP contribution in [0.1, 0.15) is 24.4 Å². The van der Waals surface area contributed by atoms with Gasteiger partial charge in [-0.2, -0.15) is 15.2 Å². The summed E-state index contributed by atoms with van der Waals surface area (Å²) in [6.45, 7) is 1.60. The van der Waals surface area contributed by atoms with Crippen molar-refractivity contribution < 1.29 is 8.78 Å². The summed E-state index contributed by atoms with van der Waals surface area (Å²) in [4.78, 5) is 25.6. The van der Waals surface area contributed by atoms with Crippen LogP contribution in [0.15, 0.2) is 41.2 Å². The van der Waals surface area contributed by atoms with Crippen LogP contribution < -0.4 is 22.3 Å². The van der Waals surface area contributed by atoms with Gasteiger partial charge in [-0.3, -0.25) is 9.36 Å². The molecule has 12 heteroatoms. The van der Waals surface area contributed by atoms with Gasteiger partial charge in [0.1, 0.15) is 34.9 Å². The van der Waals surface area contributed by atoms with Crippen LogP contribution in [-0.2, 0) is 0 Å². The highest BCUT2D eigenvalue weighted by molar-refractivity contribution is 6.35. The van der Waals surface area contributed by atoms with Crippen LogP contribution in [0.3, 0.4) is 0 Å². The molecule has 4 rings (SSSR count). The molecule has 0 radical (unpaired) electrons. The van der Waals surface area contributed by atoms with Gasteiger partial charge in [-0.05, 0) is 31.2 Å². The number of nitrogen functional groups attached to an aromatic ring is 2. The van der Waals surface area contributed by atoms with Gasteiger partial charge in [0.25, 0.3) is 5.56 Å². The Morgan fingerprint density at radius 2 is 1.85 bits per heavy atom. The molecule has 0 bridgehead atoms. The zero-order valence-corrected chi connectivity index (χ0v) is 17.7. The molecule has 0 aliphatic rings. The summed E-state index contributed by atoms with van der Waals surface area (Å²) in [5.41, 5.74) is 10.8. The number of aromatic nitrogens is 4. The predicted molar refractivity (Wildman–Crippen MR) is 120 cm³/mol. The third kappa shape index (κ3) is 3.99. The van der Waals surface area contributed by atoms with E-state index in [1.807, 2.05) is 6.07 Å². The zero-order chi connectivity index (χ0) is 23.9. The highest BCUT2D eigenvalue weighted by atomic mass is 35.5. The van der Waals surface area contributed by atoms with Crippen LogP contribution in [0.25, 0.3) is 16.6 Å². The average molecular weight is 469 g/mol. The van der Waals surface area contributed by atoms with Gasteiger partial charge in [-0.15, -0.1) is 0 Å². The quantitative estimate of drug-likeness (QED) is 0.413. The number of hydrogen-bond donors (Lipinski definition) is 3. The molecule has 0 amide bonds. The van der Waals surface area contributed by atoms with Crippen LogP contribution in [-0.4, -0.2) is 19.5 Å². The van der Waals surface area contributed by atoms with Crippen LogP contribution >= 0.6 is 11.6 Å². The van der Waals surface area contributed by atoms with Gasteiger partial charge in [0.2, 0.25) is 5.95 Å². The second-order valence-electron chi connectivity index (χ2n) is 7.04. The first-order chi connectivity index (χ1) is 15.7. The predicted octanol–water partition coefficient (Wildman–Crippen LogP) is 3.32. The molecule has 166 valence electrons. The lowest BCUT2D eigenvalue weighted by Crippen LogP contribution is -2.28. The molecule has 2 aromatic heterocycles. The second-order valence-corrected chi connectivity index (χ2v) is 7.45. The number of halogens is 3. The number of nitrogens with zero attached hydrogens (tertiary/aromatic N) is 5. The smallest absolute Gasteiger partial charge is 0.266 e. The van der Waals surface area contributed by atoms with Gasteiger partial charge in [0.15, 0.2) is 5.82 Å². The summed E-state index contributed by atoms with van der Waals surface area (Å²) in [5.74, 6) is -2.03. The summed E-state index contributed by atoms with van der Waals surface area (Å²) < 4.78 is 29.1.